The number of morpholine rings is 1. The molecule has 1 unspecified atom stereocenters. The lowest BCUT2D eigenvalue weighted by Crippen LogP contribution is -2.38. The molecule has 1 atom stereocenters. The Kier molecular flexibility index (Phi) is 8.30. The number of carbonyl (C=O) groups is 1. The summed E-state index contributed by atoms with van der Waals surface area (Å²) in [7, 11) is 0. The summed E-state index contributed by atoms with van der Waals surface area (Å²) in [5.74, 6) is -0.201. The lowest BCUT2D eigenvalue weighted by molar-refractivity contribution is -0.152. The van der Waals surface area contributed by atoms with Crippen LogP contribution >= 0.6 is 0 Å². The zero-order chi connectivity index (χ0) is 18.7. The Morgan fingerprint density at radius 1 is 1.04 bits per heavy atom. The second-order valence-corrected chi connectivity index (χ2v) is 6.80. The van der Waals surface area contributed by atoms with Gasteiger partial charge in [0.05, 0.1) is 26.4 Å². The highest BCUT2D eigenvalue weighted by molar-refractivity contribution is 5.77. The first-order chi connectivity index (χ1) is 13.3. The van der Waals surface area contributed by atoms with Crippen LogP contribution in [-0.2, 0) is 19.0 Å². The van der Waals surface area contributed by atoms with Crippen molar-refractivity contribution in [2.75, 3.05) is 65.8 Å². The summed E-state index contributed by atoms with van der Waals surface area (Å²) in [4.78, 5) is 17.2. The van der Waals surface area contributed by atoms with E-state index >= 15 is 0 Å². The summed E-state index contributed by atoms with van der Waals surface area (Å²) in [6.45, 7) is 7.40. The minimum absolute atomic E-state index is 0.201. The number of benzene rings is 1. The van der Waals surface area contributed by atoms with E-state index < -0.39 is 0 Å². The van der Waals surface area contributed by atoms with E-state index in [2.05, 4.69) is 22.0 Å². The van der Waals surface area contributed by atoms with E-state index in [0.717, 1.165) is 57.9 Å². The van der Waals surface area contributed by atoms with Crippen molar-refractivity contribution in [1.29, 1.82) is 0 Å². The van der Waals surface area contributed by atoms with Crippen LogP contribution < -0.4 is 0 Å². The van der Waals surface area contributed by atoms with Crippen LogP contribution in [0.15, 0.2) is 42.5 Å². The summed E-state index contributed by atoms with van der Waals surface area (Å²) in [6.07, 6.45) is 5.23. The van der Waals surface area contributed by atoms with E-state index in [4.69, 9.17) is 14.2 Å². The zero-order valence-corrected chi connectivity index (χ0v) is 15.9. The molecular formula is C21H30N2O4. The summed E-state index contributed by atoms with van der Waals surface area (Å²) >= 11 is 0. The van der Waals surface area contributed by atoms with Gasteiger partial charge >= 0.3 is 5.97 Å². The fourth-order valence-electron chi connectivity index (χ4n) is 3.43. The van der Waals surface area contributed by atoms with Gasteiger partial charge < -0.3 is 14.2 Å². The fraction of sp³-hybridized carbons (Fsp3) is 0.571. The normalized spacial score (nSPS) is 19.7. The Hall–Kier alpha value is -1.73. The molecule has 2 aliphatic rings. The minimum atomic E-state index is -0.357. The van der Waals surface area contributed by atoms with E-state index in [9.17, 15) is 4.79 Å². The Morgan fingerprint density at radius 3 is 2.59 bits per heavy atom. The first-order valence-electron chi connectivity index (χ1n) is 9.83. The Balaban J connectivity index is 1.41. The summed E-state index contributed by atoms with van der Waals surface area (Å²) in [6, 6.07) is 9.51. The van der Waals surface area contributed by atoms with Crippen molar-refractivity contribution in [3.05, 3.63) is 48.0 Å². The predicted molar refractivity (Wildman–Crippen MR) is 104 cm³/mol. The molecule has 6 nitrogen and oxygen atoms in total. The van der Waals surface area contributed by atoms with Gasteiger partial charge in [-0.3, -0.25) is 9.80 Å². The fourth-order valence-corrected chi connectivity index (χ4v) is 3.43. The number of hydrogen-bond acceptors (Lipinski definition) is 6. The molecule has 0 aliphatic carbocycles. The second-order valence-electron chi connectivity index (χ2n) is 6.80. The van der Waals surface area contributed by atoms with Crippen molar-refractivity contribution in [2.45, 2.75) is 12.5 Å². The number of rotatable bonds is 9. The number of hydrogen-bond donors (Lipinski definition) is 0. The SMILES string of the molecule is O=C(OCCOCCN1CCOCC1)C(c1ccccc1)N1CC=CCC1. The smallest absolute Gasteiger partial charge is 0.328 e. The molecule has 1 aromatic rings. The molecule has 3 rings (SSSR count). The average molecular weight is 374 g/mol. The molecule has 27 heavy (non-hydrogen) atoms. The largest absolute Gasteiger partial charge is 0.462 e. The monoisotopic (exact) mass is 374 g/mol. The number of ether oxygens (including phenoxy) is 3. The van der Waals surface area contributed by atoms with E-state index in [0.29, 0.717) is 13.2 Å². The summed E-state index contributed by atoms with van der Waals surface area (Å²) in [5.41, 5.74) is 0.978. The van der Waals surface area contributed by atoms with Crippen LogP contribution in [0, 0.1) is 0 Å². The number of esters is 1. The predicted octanol–water partition coefficient (Wildman–Crippen LogP) is 1.88. The van der Waals surface area contributed by atoms with Gasteiger partial charge in [-0.1, -0.05) is 42.5 Å². The van der Waals surface area contributed by atoms with Crippen molar-refractivity contribution in [1.82, 2.24) is 9.80 Å². The molecule has 1 aromatic carbocycles. The number of carbonyl (C=O) groups excluding carboxylic acids is 1. The Morgan fingerprint density at radius 2 is 1.85 bits per heavy atom. The molecule has 2 aliphatic heterocycles. The van der Waals surface area contributed by atoms with Crippen molar-refractivity contribution in [3.63, 3.8) is 0 Å². The van der Waals surface area contributed by atoms with Crippen LogP contribution in [0.5, 0.6) is 0 Å². The minimum Gasteiger partial charge on any atom is -0.462 e. The van der Waals surface area contributed by atoms with Crippen LogP contribution in [0.3, 0.4) is 0 Å². The van der Waals surface area contributed by atoms with Crippen LogP contribution in [-0.4, -0.2) is 81.5 Å². The Labute approximate surface area is 161 Å². The van der Waals surface area contributed by atoms with Crippen molar-refractivity contribution in [3.8, 4) is 0 Å². The molecule has 2 heterocycles. The quantitative estimate of drug-likeness (QED) is 0.374. The molecule has 0 spiro atoms. The van der Waals surface area contributed by atoms with E-state index in [-0.39, 0.29) is 18.6 Å². The molecule has 0 N–H and O–H groups in total. The van der Waals surface area contributed by atoms with Crippen LogP contribution in [0.4, 0.5) is 0 Å². The van der Waals surface area contributed by atoms with Gasteiger partial charge in [0.1, 0.15) is 12.6 Å². The molecule has 0 saturated carbocycles. The molecule has 0 radical (unpaired) electrons. The molecule has 0 amide bonds. The molecule has 1 fully saturated rings. The maximum absolute atomic E-state index is 12.8. The van der Waals surface area contributed by atoms with Gasteiger partial charge in [-0.05, 0) is 12.0 Å². The molecule has 0 aromatic heterocycles. The first-order valence-corrected chi connectivity index (χ1v) is 9.83. The molecule has 1 saturated heterocycles. The topological polar surface area (TPSA) is 51.2 Å². The highest BCUT2D eigenvalue weighted by Crippen LogP contribution is 2.24. The highest BCUT2D eigenvalue weighted by atomic mass is 16.6. The van der Waals surface area contributed by atoms with Gasteiger partial charge in [-0.15, -0.1) is 0 Å². The van der Waals surface area contributed by atoms with Crippen LogP contribution in [0.25, 0.3) is 0 Å². The average Bonchev–Trinajstić information content (AvgIpc) is 2.73. The van der Waals surface area contributed by atoms with E-state index in [1.807, 2.05) is 30.3 Å². The van der Waals surface area contributed by atoms with Gasteiger partial charge in [0.15, 0.2) is 0 Å². The van der Waals surface area contributed by atoms with Crippen molar-refractivity contribution in [2.24, 2.45) is 0 Å². The second kappa shape index (κ2) is 11.2. The third-order valence-corrected chi connectivity index (χ3v) is 4.92. The van der Waals surface area contributed by atoms with Gasteiger partial charge in [0, 0.05) is 32.7 Å². The third-order valence-electron chi connectivity index (χ3n) is 4.92. The van der Waals surface area contributed by atoms with Crippen molar-refractivity contribution < 1.29 is 19.0 Å². The number of nitrogens with zero attached hydrogens (tertiary/aromatic N) is 2. The molecule has 6 heteroatoms. The summed E-state index contributed by atoms with van der Waals surface area (Å²) < 4.78 is 16.5. The van der Waals surface area contributed by atoms with Crippen molar-refractivity contribution >= 4 is 5.97 Å². The van der Waals surface area contributed by atoms with Gasteiger partial charge in [-0.25, -0.2) is 4.79 Å². The van der Waals surface area contributed by atoms with Gasteiger partial charge in [0.2, 0.25) is 0 Å². The molecule has 0 bridgehead atoms. The lowest BCUT2D eigenvalue weighted by Gasteiger charge is -2.31. The van der Waals surface area contributed by atoms with E-state index in [1.54, 1.807) is 0 Å². The lowest BCUT2D eigenvalue weighted by atomic mass is 10.0. The first kappa shape index (κ1) is 20.0. The van der Waals surface area contributed by atoms with Crippen LogP contribution in [0.2, 0.25) is 0 Å². The molecular weight excluding hydrogens is 344 g/mol. The summed E-state index contributed by atoms with van der Waals surface area (Å²) in [5, 5.41) is 0. The zero-order valence-electron chi connectivity index (χ0n) is 15.9. The standard InChI is InChI=1S/C21H30N2O4/c24-21(27-18-17-26-16-13-22-11-14-25-15-12-22)20(19-7-3-1-4-8-19)23-9-5-2-6-10-23/h1-5,7-8,20H,6,9-18H2. The maximum Gasteiger partial charge on any atom is 0.328 e. The van der Waals surface area contributed by atoms with E-state index in [1.165, 1.54) is 0 Å². The molecule has 148 valence electrons. The Bertz CT molecular complexity index is 587. The van der Waals surface area contributed by atoms with Gasteiger partial charge in [0.25, 0.3) is 0 Å². The highest BCUT2D eigenvalue weighted by Gasteiger charge is 2.28. The third kappa shape index (κ3) is 6.43. The maximum atomic E-state index is 12.8. The van der Waals surface area contributed by atoms with Gasteiger partial charge in [-0.2, -0.15) is 0 Å². The van der Waals surface area contributed by atoms with Crippen LogP contribution in [0.1, 0.15) is 18.0 Å².